The van der Waals surface area contributed by atoms with Crippen LogP contribution in [0.1, 0.15) is 16.1 Å². The second-order valence-corrected chi connectivity index (χ2v) is 5.16. The summed E-state index contributed by atoms with van der Waals surface area (Å²) in [5, 5.41) is 0. The quantitative estimate of drug-likeness (QED) is 0.713. The summed E-state index contributed by atoms with van der Waals surface area (Å²) >= 11 is 0. The third-order valence-electron chi connectivity index (χ3n) is 3.20. The Kier molecular flexibility index (Phi) is 6.16. The fourth-order valence-corrected chi connectivity index (χ4v) is 1.95. The maximum atomic E-state index is 12.1. The normalized spacial score (nSPS) is 10.1. The molecule has 0 atom stereocenters. The molecule has 2 aromatic rings. The minimum absolute atomic E-state index is 0.102. The maximum Gasteiger partial charge on any atom is 0.342 e. The van der Waals surface area contributed by atoms with Crippen molar-refractivity contribution in [3.8, 4) is 5.75 Å². The Morgan fingerprint density at radius 3 is 2.56 bits per heavy atom. The van der Waals surface area contributed by atoms with Crippen LogP contribution in [0.25, 0.3) is 0 Å². The van der Waals surface area contributed by atoms with Gasteiger partial charge in [0.2, 0.25) is 0 Å². The van der Waals surface area contributed by atoms with Crippen LogP contribution in [0, 0.1) is 0 Å². The van der Waals surface area contributed by atoms with E-state index in [-0.39, 0.29) is 30.4 Å². The SMILES string of the molecule is CN(Cc1ccco1)C(=O)COC(=O)c1ccccc1OCC(N)=O. The van der Waals surface area contributed by atoms with Crippen LogP contribution in [0.2, 0.25) is 0 Å². The molecule has 0 unspecified atom stereocenters. The second-order valence-electron chi connectivity index (χ2n) is 5.16. The molecule has 0 saturated heterocycles. The fraction of sp³-hybridized carbons (Fsp3) is 0.235. The van der Waals surface area contributed by atoms with E-state index in [1.165, 1.54) is 23.3 Å². The minimum Gasteiger partial charge on any atom is -0.483 e. The predicted octanol–water partition coefficient (Wildman–Crippen LogP) is 0.959. The van der Waals surface area contributed by atoms with Crippen molar-refractivity contribution < 1.29 is 28.3 Å². The Balaban J connectivity index is 1.91. The summed E-state index contributed by atoms with van der Waals surface area (Å²) < 4.78 is 15.3. The highest BCUT2D eigenvalue weighted by molar-refractivity contribution is 5.94. The van der Waals surface area contributed by atoms with Gasteiger partial charge in [-0.3, -0.25) is 9.59 Å². The van der Waals surface area contributed by atoms with E-state index in [2.05, 4.69) is 0 Å². The number of benzene rings is 1. The van der Waals surface area contributed by atoms with Crippen LogP contribution >= 0.6 is 0 Å². The number of likely N-dealkylation sites (N-methyl/N-ethyl adjacent to an activating group) is 1. The molecule has 0 aliphatic carbocycles. The Bertz CT molecular complexity index is 741. The van der Waals surface area contributed by atoms with Crippen LogP contribution in [0.15, 0.2) is 47.1 Å². The van der Waals surface area contributed by atoms with Crippen LogP contribution in [0.3, 0.4) is 0 Å². The number of hydrogen-bond donors (Lipinski definition) is 1. The number of carbonyl (C=O) groups excluding carboxylic acids is 3. The average molecular weight is 346 g/mol. The maximum absolute atomic E-state index is 12.1. The summed E-state index contributed by atoms with van der Waals surface area (Å²) in [7, 11) is 1.57. The van der Waals surface area contributed by atoms with Crippen LogP contribution in [0.5, 0.6) is 5.75 Å². The first-order valence-electron chi connectivity index (χ1n) is 7.41. The van der Waals surface area contributed by atoms with E-state index in [0.29, 0.717) is 5.76 Å². The molecule has 0 aliphatic heterocycles. The number of furan rings is 1. The molecule has 0 aliphatic rings. The first-order chi connectivity index (χ1) is 12.0. The summed E-state index contributed by atoms with van der Waals surface area (Å²) in [4.78, 5) is 36.3. The zero-order valence-corrected chi connectivity index (χ0v) is 13.6. The molecule has 8 heteroatoms. The molecular weight excluding hydrogens is 328 g/mol. The largest absolute Gasteiger partial charge is 0.483 e. The molecule has 2 amide bonds. The van der Waals surface area contributed by atoms with Crippen molar-refractivity contribution >= 4 is 17.8 Å². The predicted molar refractivity (Wildman–Crippen MR) is 86.6 cm³/mol. The Hall–Kier alpha value is -3.29. The molecule has 8 nitrogen and oxygen atoms in total. The van der Waals surface area contributed by atoms with E-state index < -0.39 is 18.5 Å². The van der Waals surface area contributed by atoms with Crippen LogP contribution in [-0.4, -0.2) is 42.9 Å². The van der Waals surface area contributed by atoms with Gasteiger partial charge in [-0.1, -0.05) is 12.1 Å². The van der Waals surface area contributed by atoms with E-state index in [0.717, 1.165) is 0 Å². The van der Waals surface area contributed by atoms with Crippen molar-refractivity contribution in [2.24, 2.45) is 5.73 Å². The highest BCUT2D eigenvalue weighted by Crippen LogP contribution is 2.19. The average Bonchev–Trinajstić information content (AvgIpc) is 3.10. The van der Waals surface area contributed by atoms with E-state index in [4.69, 9.17) is 19.6 Å². The van der Waals surface area contributed by atoms with Gasteiger partial charge in [0.05, 0.1) is 12.8 Å². The number of amides is 2. The van der Waals surface area contributed by atoms with Gasteiger partial charge in [-0.15, -0.1) is 0 Å². The van der Waals surface area contributed by atoms with Gasteiger partial charge in [0.1, 0.15) is 17.1 Å². The molecule has 0 saturated carbocycles. The number of nitrogens with two attached hydrogens (primary N) is 1. The molecule has 1 heterocycles. The highest BCUT2D eigenvalue weighted by Gasteiger charge is 2.17. The Labute approximate surface area is 144 Å². The Morgan fingerprint density at radius 2 is 1.88 bits per heavy atom. The molecule has 0 spiro atoms. The van der Waals surface area contributed by atoms with Crippen molar-refractivity contribution in [2.75, 3.05) is 20.3 Å². The lowest BCUT2D eigenvalue weighted by atomic mass is 10.2. The highest BCUT2D eigenvalue weighted by atomic mass is 16.5. The third-order valence-corrected chi connectivity index (χ3v) is 3.20. The Morgan fingerprint density at radius 1 is 1.12 bits per heavy atom. The number of hydrogen-bond acceptors (Lipinski definition) is 6. The van der Waals surface area contributed by atoms with Gasteiger partial charge in [-0.25, -0.2) is 4.79 Å². The number of esters is 1. The number of primary amides is 1. The zero-order chi connectivity index (χ0) is 18.2. The lowest BCUT2D eigenvalue weighted by Gasteiger charge is -2.16. The summed E-state index contributed by atoms with van der Waals surface area (Å²) in [6.45, 7) is -0.531. The van der Waals surface area contributed by atoms with Gasteiger partial charge >= 0.3 is 5.97 Å². The summed E-state index contributed by atoms with van der Waals surface area (Å²) in [6, 6.07) is 9.67. The standard InChI is InChI=1S/C17H18N2O6/c1-19(9-12-5-4-8-23-12)16(21)11-25-17(22)13-6-2-3-7-14(13)24-10-15(18)20/h2-8H,9-11H2,1H3,(H2,18,20). The molecule has 0 fully saturated rings. The lowest BCUT2D eigenvalue weighted by Crippen LogP contribution is -2.30. The van der Waals surface area contributed by atoms with Gasteiger partial charge in [0, 0.05) is 7.05 Å². The first-order valence-corrected chi connectivity index (χ1v) is 7.41. The summed E-state index contributed by atoms with van der Waals surface area (Å²) in [5.74, 6) is -1.02. The van der Waals surface area contributed by atoms with Gasteiger partial charge in [-0.2, -0.15) is 0 Å². The van der Waals surface area contributed by atoms with Gasteiger partial charge in [0.15, 0.2) is 13.2 Å². The monoisotopic (exact) mass is 346 g/mol. The molecule has 2 rings (SSSR count). The minimum atomic E-state index is -0.736. The van der Waals surface area contributed by atoms with Crippen LogP contribution in [-0.2, 0) is 20.9 Å². The smallest absolute Gasteiger partial charge is 0.342 e. The molecule has 2 N–H and O–H groups in total. The van der Waals surface area contributed by atoms with E-state index in [1.807, 2.05) is 0 Å². The summed E-state index contributed by atoms with van der Waals surface area (Å²) in [5.41, 5.74) is 5.12. The molecule has 132 valence electrons. The lowest BCUT2D eigenvalue weighted by molar-refractivity contribution is -0.134. The van der Waals surface area contributed by atoms with Crippen molar-refractivity contribution in [1.82, 2.24) is 4.90 Å². The zero-order valence-electron chi connectivity index (χ0n) is 13.6. The molecule has 25 heavy (non-hydrogen) atoms. The van der Waals surface area contributed by atoms with E-state index in [9.17, 15) is 14.4 Å². The van der Waals surface area contributed by atoms with Crippen molar-refractivity contribution in [3.63, 3.8) is 0 Å². The molecule has 1 aromatic carbocycles. The van der Waals surface area contributed by atoms with E-state index in [1.54, 1.807) is 31.3 Å². The molecule has 0 radical (unpaired) electrons. The molecule has 0 bridgehead atoms. The number of para-hydroxylation sites is 1. The van der Waals surface area contributed by atoms with Crippen LogP contribution in [0.4, 0.5) is 0 Å². The second kappa shape index (κ2) is 8.53. The molecule has 1 aromatic heterocycles. The number of rotatable bonds is 8. The fourth-order valence-electron chi connectivity index (χ4n) is 1.95. The van der Waals surface area contributed by atoms with Gasteiger partial charge in [-0.05, 0) is 24.3 Å². The molecular formula is C17H18N2O6. The number of carbonyl (C=O) groups is 3. The topological polar surface area (TPSA) is 112 Å². The number of nitrogens with zero attached hydrogens (tertiary/aromatic N) is 1. The van der Waals surface area contributed by atoms with Gasteiger partial charge in [0.25, 0.3) is 11.8 Å². The van der Waals surface area contributed by atoms with Crippen molar-refractivity contribution in [3.05, 3.63) is 54.0 Å². The van der Waals surface area contributed by atoms with Gasteiger partial charge < -0.3 is 24.5 Å². The number of ether oxygens (including phenoxy) is 2. The third kappa shape index (κ3) is 5.38. The summed E-state index contributed by atoms with van der Waals surface area (Å²) in [6.07, 6.45) is 1.51. The van der Waals surface area contributed by atoms with Crippen molar-refractivity contribution in [2.45, 2.75) is 6.54 Å². The van der Waals surface area contributed by atoms with Crippen molar-refractivity contribution in [1.29, 1.82) is 0 Å². The van der Waals surface area contributed by atoms with E-state index >= 15 is 0 Å². The first kappa shape index (κ1) is 18.1. The van der Waals surface area contributed by atoms with Crippen LogP contribution < -0.4 is 10.5 Å².